The number of rotatable bonds is 80. The maximum absolute atomic E-state index is 13.1. The van der Waals surface area contributed by atoms with Crippen LogP contribution in [0.3, 0.4) is 0 Å². The standard InChI is InChI=1S/C80H156O17P2/c1-6-9-12-15-18-21-23-25-27-29-30-31-33-35-37-39-45-50-55-60-65-79(84)96-76(70-91-78(83)64-59-54-49-44-38-36-34-32-28-26-24-22-19-16-13-10-7-2)72-95-99(88,89)93-68-74(81)67-92-98(86,87)94-71-75(69-90-77(82)63-58-53-48-42-20-17-14-11-8-3)97-80(85)66-61-56-51-46-41-40-43-47-52-57-62-73(4)5/h73-76,81H,6-72H2,1-5H3,(H,86,87)(H,88,89)/t74-,75+,76+/m0/s1. The van der Waals surface area contributed by atoms with Crippen LogP contribution in [0.2, 0.25) is 0 Å². The minimum absolute atomic E-state index is 0.106. The molecule has 3 N–H and O–H groups in total. The van der Waals surface area contributed by atoms with Crippen molar-refractivity contribution in [2.75, 3.05) is 39.6 Å². The van der Waals surface area contributed by atoms with Gasteiger partial charge in [0, 0.05) is 25.7 Å². The first-order chi connectivity index (χ1) is 48.0. The lowest BCUT2D eigenvalue weighted by molar-refractivity contribution is -0.161. The molecular formula is C80H156O17P2. The van der Waals surface area contributed by atoms with E-state index in [4.69, 9.17) is 37.0 Å². The molecule has 17 nitrogen and oxygen atoms in total. The van der Waals surface area contributed by atoms with Gasteiger partial charge in [0.25, 0.3) is 0 Å². The van der Waals surface area contributed by atoms with Gasteiger partial charge in [0.2, 0.25) is 0 Å². The summed E-state index contributed by atoms with van der Waals surface area (Å²) in [6.45, 7) is 7.30. The average Bonchev–Trinajstić information content (AvgIpc) is 1.39. The number of phosphoric acid groups is 2. The number of phosphoric ester groups is 2. The molecule has 19 heteroatoms. The molecule has 0 saturated heterocycles. The number of carbonyl (C=O) groups excluding carboxylic acids is 4. The molecule has 0 aromatic heterocycles. The normalized spacial score (nSPS) is 13.9. The minimum Gasteiger partial charge on any atom is -0.462 e. The summed E-state index contributed by atoms with van der Waals surface area (Å²) >= 11 is 0. The van der Waals surface area contributed by atoms with Crippen molar-refractivity contribution in [2.45, 2.75) is 445 Å². The summed E-state index contributed by atoms with van der Waals surface area (Å²) in [5.74, 6) is -1.36. The van der Waals surface area contributed by atoms with Crippen molar-refractivity contribution in [3.8, 4) is 0 Å². The third-order valence-electron chi connectivity index (χ3n) is 18.8. The highest BCUT2D eigenvalue weighted by molar-refractivity contribution is 7.47. The Balaban J connectivity index is 5.21. The van der Waals surface area contributed by atoms with Crippen LogP contribution in [-0.4, -0.2) is 96.7 Å². The van der Waals surface area contributed by atoms with Gasteiger partial charge in [-0.3, -0.25) is 37.3 Å². The summed E-state index contributed by atoms with van der Waals surface area (Å²) < 4.78 is 68.6. The van der Waals surface area contributed by atoms with Crippen LogP contribution >= 0.6 is 15.6 Å². The lowest BCUT2D eigenvalue weighted by atomic mass is 10.0. The zero-order valence-electron chi connectivity index (χ0n) is 64.6. The first-order valence-corrected chi connectivity index (χ1v) is 44.6. The van der Waals surface area contributed by atoms with E-state index in [2.05, 4.69) is 34.6 Å². The predicted molar refractivity (Wildman–Crippen MR) is 405 cm³/mol. The maximum Gasteiger partial charge on any atom is 0.472 e. The summed E-state index contributed by atoms with van der Waals surface area (Å²) in [4.78, 5) is 72.9. The molecule has 0 aromatic carbocycles. The highest BCUT2D eigenvalue weighted by atomic mass is 31.2. The number of ether oxygens (including phenoxy) is 4. The van der Waals surface area contributed by atoms with Crippen molar-refractivity contribution in [3.05, 3.63) is 0 Å². The summed E-state index contributed by atoms with van der Waals surface area (Å²) in [5, 5.41) is 10.6. The molecule has 0 bridgehead atoms. The second-order valence-corrected chi connectivity index (χ2v) is 32.2. The molecule has 0 aliphatic heterocycles. The highest BCUT2D eigenvalue weighted by Crippen LogP contribution is 2.45. The number of esters is 4. The van der Waals surface area contributed by atoms with E-state index in [0.29, 0.717) is 25.7 Å². The molecule has 588 valence electrons. The van der Waals surface area contributed by atoms with Gasteiger partial charge in [-0.05, 0) is 31.6 Å². The third-order valence-corrected chi connectivity index (χ3v) is 20.7. The molecule has 0 spiro atoms. The highest BCUT2D eigenvalue weighted by Gasteiger charge is 2.30. The van der Waals surface area contributed by atoms with Gasteiger partial charge in [-0.25, -0.2) is 9.13 Å². The van der Waals surface area contributed by atoms with Crippen LogP contribution in [0.4, 0.5) is 0 Å². The van der Waals surface area contributed by atoms with Crippen molar-refractivity contribution in [3.63, 3.8) is 0 Å². The van der Waals surface area contributed by atoms with Crippen molar-refractivity contribution >= 4 is 39.5 Å². The van der Waals surface area contributed by atoms with Gasteiger partial charge in [-0.1, -0.05) is 375 Å². The zero-order valence-corrected chi connectivity index (χ0v) is 66.4. The summed E-state index contributed by atoms with van der Waals surface area (Å²) in [7, 11) is -9.91. The van der Waals surface area contributed by atoms with E-state index in [1.165, 1.54) is 250 Å². The van der Waals surface area contributed by atoms with Crippen LogP contribution in [-0.2, 0) is 65.4 Å². The maximum atomic E-state index is 13.1. The van der Waals surface area contributed by atoms with Crippen molar-refractivity contribution < 1.29 is 80.2 Å². The molecule has 0 saturated carbocycles. The van der Waals surface area contributed by atoms with Crippen LogP contribution in [0.5, 0.6) is 0 Å². The van der Waals surface area contributed by atoms with Gasteiger partial charge in [0.1, 0.15) is 19.3 Å². The predicted octanol–water partition coefficient (Wildman–Crippen LogP) is 24.0. The summed E-state index contributed by atoms with van der Waals surface area (Å²) in [6.07, 6.45) is 63.9. The van der Waals surface area contributed by atoms with E-state index in [9.17, 15) is 43.2 Å². The zero-order chi connectivity index (χ0) is 72.7. The first kappa shape index (κ1) is 97.1. The largest absolute Gasteiger partial charge is 0.472 e. The Kier molecular flexibility index (Phi) is 71.6. The number of hydrogen-bond donors (Lipinski definition) is 3. The topological polar surface area (TPSA) is 237 Å². The molecule has 0 rings (SSSR count). The van der Waals surface area contributed by atoms with E-state index < -0.39 is 97.5 Å². The fourth-order valence-corrected chi connectivity index (χ4v) is 14.0. The number of aliphatic hydroxyl groups excluding tert-OH is 1. The van der Waals surface area contributed by atoms with Gasteiger partial charge >= 0.3 is 39.5 Å². The fourth-order valence-electron chi connectivity index (χ4n) is 12.4. The second-order valence-electron chi connectivity index (χ2n) is 29.3. The van der Waals surface area contributed by atoms with Crippen LogP contribution < -0.4 is 0 Å². The van der Waals surface area contributed by atoms with Gasteiger partial charge in [-0.15, -0.1) is 0 Å². The van der Waals surface area contributed by atoms with E-state index in [0.717, 1.165) is 95.8 Å². The number of carbonyl (C=O) groups is 4. The van der Waals surface area contributed by atoms with Crippen LogP contribution in [0.15, 0.2) is 0 Å². The Bertz CT molecular complexity index is 1890. The molecule has 0 aromatic rings. The van der Waals surface area contributed by atoms with Crippen LogP contribution in [0, 0.1) is 5.92 Å². The first-order valence-electron chi connectivity index (χ1n) is 41.6. The Morgan fingerprint density at radius 2 is 0.465 bits per heavy atom. The average molecular weight is 1450 g/mol. The van der Waals surface area contributed by atoms with Crippen molar-refractivity contribution in [1.29, 1.82) is 0 Å². The minimum atomic E-state index is -4.96. The molecule has 99 heavy (non-hydrogen) atoms. The van der Waals surface area contributed by atoms with Gasteiger partial charge in [-0.2, -0.15) is 0 Å². The van der Waals surface area contributed by atoms with Gasteiger partial charge in [0.15, 0.2) is 12.2 Å². The molecule has 2 unspecified atom stereocenters. The fraction of sp³-hybridized carbons (Fsp3) is 0.950. The Morgan fingerprint density at radius 3 is 0.687 bits per heavy atom. The van der Waals surface area contributed by atoms with Crippen LogP contribution in [0.25, 0.3) is 0 Å². The Labute approximate surface area is 607 Å². The lowest BCUT2D eigenvalue weighted by Gasteiger charge is -2.21. The van der Waals surface area contributed by atoms with Gasteiger partial charge < -0.3 is 33.8 Å². The molecule has 0 fully saturated rings. The van der Waals surface area contributed by atoms with Crippen molar-refractivity contribution in [2.24, 2.45) is 5.92 Å². The van der Waals surface area contributed by atoms with E-state index in [1.807, 2.05) is 0 Å². The summed E-state index contributed by atoms with van der Waals surface area (Å²) in [5.41, 5.74) is 0. The second kappa shape index (κ2) is 73.0. The Morgan fingerprint density at radius 1 is 0.273 bits per heavy atom. The monoisotopic (exact) mass is 1450 g/mol. The van der Waals surface area contributed by atoms with E-state index >= 15 is 0 Å². The lowest BCUT2D eigenvalue weighted by Crippen LogP contribution is -2.30. The SMILES string of the molecule is CCCCCCCCCCCCCCCCCCCCCCC(=O)O[C@H](COC(=O)CCCCCCCCCCCCCCCCCCC)COP(=O)(O)OC[C@@H](O)COP(=O)(O)OC[C@@H](COC(=O)CCCCCCCCCCC)OC(=O)CCCCCCCCCCCCC(C)C. The molecular weight excluding hydrogens is 1290 g/mol. The van der Waals surface area contributed by atoms with Crippen LogP contribution in [0.1, 0.15) is 426 Å². The third kappa shape index (κ3) is 74.1. The molecule has 0 heterocycles. The molecule has 5 atom stereocenters. The number of aliphatic hydroxyl groups is 1. The van der Waals surface area contributed by atoms with E-state index in [-0.39, 0.29) is 25.7 Å². The quantitative estimate of drug-likeness (QED) is 0.0222. The number of unbranched alkanes of at least 4 members (excludes halogenated alkanes) is 52. The number of hydrogen-bond acceptors (Lipinski definition) is 15. The summed E-state index contributed by atoms with van der Waals surface area (Å²) in [6, 6.07) is 0. The van der Waals surface area contributed by atoms with E-state index in [1.54, 1.807) is 0 Å². The molecule has 0 aliphatic rings. The smallest absolute Gasteiger partial charge is 0.462 e. The van der Waals surface area contributed by atoms with Gasteiger partial charge in [0.05, 0.1) is 26.4 Å². The molecule has 0 aliphatic carbocycles. The molecule has 0 amide bonds. The van der Waals surface area contributed by atoms with Crippen molar-refractivity contribution in [1.82, 2.24) is 0 Å². The Hall–Kier alpha value is -1.94. The molecule has 0 radical (unpaired) electrons.